The van der Waals surface area contributed by atoms with Crippen LogP contribution in [0.3, 0.4) is 0 Å². The largest absolute Gasteiger partial charge is 0.447 e. The first kappa shape index (κ1) is 13.2. The molecule has 0 atom stereocenters. The summed E-state index contributed by atoms with van der Waals surface area (Å²) in [5, 5.41) is -0.131. The van der Waals surface area contributed by atoms with E-state index in [1.54, 1.807) is 6.92 Å². The van der Waals surface area contributed by atoms with Crippen LogP contribution in [0.25, 0.3) is 0 Å². The number of hydrogen-bond donors (Lipinski definition) is 0. The molecule has 0 saturated heterocycles. The molecule has 1 heterocycles. The van der Waals surface area contributed by atoms with E-state index in [1.807, 2.05) is 13.8 Å². The molecule has 2 nitrogen and oxygen atoms in total. The third-order valence-corrected chi connectivity index (χ3v) is 1.63. The number of thioether (sulfide) groups is 1. The Kier molecular flexibility index (Phi) is 5.52. The van der Waals surface area contributed by atoms with E-state index in [0.717, 1.165) is 6.20 Å². The summed E-state index contributed by atoms with van der Waals surface area (Å²) in [6.45, 7) is 5.66. The van der Waals surface area contributed by atoms with E-state index < -0.39 is 5.51 Å². The van der Waals surface area contributed by atoms with Gasteiger partial charge in [0.25, 0.3) is 0 Å². The van der Waals surface area contributed by atoms with Gasteiger partial charge in [0.1, 0.15) is 5.03 Å². The highest BCUT2D eigenvalue weighted by molar-refractivity contribution is 8.00. The second kappa shape index (κ2) is 5.85. The zero-order valence-electron chi connectivity index (χ0n) is 8.09. The van der Waals surface area contributed by atoms with Gasteiger partial charge < -0.3 is 0 Å². The molecule has 0 aliphatic rings. The van der Waals surface area contributed by atoms with Gasteiger partial charge >= 0.3 is 5.51 Å². The third-order valence-electron chi connectivity index (χ3n) is 0.978. The van der Waals surface area contributed by atoms with Crippen LogP contribution in [0.2, 0.25) is 0 Å². The lowest BCUT2D eigenvalue weighted by Gasteiger charge is -2.03. The van der Waals surface area contributed by atoms with Gasteiger partial charge in [0.05, 0.1) is 11.9 Å². The van der Waals surface area contributed by atoms with Crippen LogP contribution in [-0.2, 0) is 0 Å². The first-order valence-electron chi connectivity index (χ1n) is 4.02. The molecular formula is C8H11F3N2S. The van der Waals surface area contributed by atoms with Crippen molar-refractivity contribution in [3.05, 3.63) is 18.1 Å². The predicted octanol–water partition coefficient (Wildman–Crippen LogP) is 3.42. The van der Waals surface area contributed by atoms with Crippen molar-refractivity contribution in [3.8, 4) is 0 Å². The quantitative estimate of drug-likeness (QED) is 0.683. The van der Waals surface area contributed by atoms with E-state index in [9.17, 15) is 13.2 Å². The Balaban J connectivity index is 0.000000791. The Hall–Kier alpha value is -0.780. The van der Waals surface area contributed by atoms with Crippen LogP contribution >= 0.6 is 11.8 Å². The number of hydrogen-bond acceptors (Lipinski definition) is 3. The normalized spacial score (nSPS) is 10.4. The van der Waals surface area contributed by atoms with E-state index in [-0.39, 0.29) is 16.8 Å². The van der Waals surface area contributed by atoms with E-state index in [1.165, 1.54) is 6.20 Å². The number of halogens is 3. The fourth-order valence-electron chi connectivity index (χ4n) is 0.552. The first-order chi connectivity index (χ1) is 6.47. The zero-order valence-corrected chi connectivity index (χ0v) is 8.91. The van der Waals surface area contributed by atoms with Gasteiger partial charge in [0.15, 0.2) is 0 Å². The lowest BCUT2D eigenvalue weighted by molar-refractivity contribution is -0.0329. The topological polar surface area (TPSA) is 25.8 Å². The molecule has 0 amide bonds. The summed E-state index contributed by atoms with van der Waals surface area (Å²) in [6.07, 6.45) is 2.40. The van der Waals surface area contributed by atoms with Gasteiger partial charge in [-0.25, -0.2) is 4.98 Å². The number of alkyl halides is 3. The van der Waals surface area contributed by atoms with Crippen LogP contribution in [-0.4, -0.2) is 15.5 Å². The van der Waals surface area contributed by atoms with Gasteiger partial charge in [-0.3, -0.25) is 4.98 Å². The molecule has 0 aromatic carbocycles. The lowest BCUT2D eigenvalue weighted by atomic mass is 10.5. The molecule has 1 rings (SSSR count). The molecule has 1 aromatic rings. The Morgan fingerprint density at radius 2 is 1.71 bits per heavy atom. The average molecular weight is 224 g/mol. The summed E-state index contributed by atoms with van der Waals surface area (Å²) in [5.74, 6) is 0. The van der Waals surface area contributed by atoms with Crippen molar-refractivity contribution in [3.63, 3.8) is 0 Å². The zero-order chi connectivity index (χ0) is 11.2. The lowest BCUT2D eigenvalue weighted by Crippen LogP contribution is -2.00. The van der Waals surface area contributed by atoms with E-state index in [2.05, 4.69) is 9.97 Å². The molecule has 1 aromatic heterocycles. The van der Waals surface area contributed by atoms with Crippen LogP contribution in [0.4, 0.5) is 13.2 Å². The molecule has 0 radical (unpaired) electrons. The summed E-state index contributed by atoms with van der Waals surface area (Å²) in [5.41, 5.74) is -3.69. The van der Waals surface area contributed by atoms with Gasteiger partial charge in [-0.2, -0.15) is 13.2 Å². The SMILES string of the molecule is CC.Cc1cnc(SC(F)(F)F)cn1. The molecule has 6 heteroatoms. The number of aromatic nitrogens is 2. The predicted molar refractivity (Wildman–Crippen MR) is 50.0 cm³/mol. The summed E-state index contributed by atoms with van der Waals surface area (Å²) in [7, 11) is 0. The molecule has 0 aliphatic heterocycles. The maximum Gasteiger partial charge on any atom is 0.447 e. The highest BCUT2D eigenvalue weighted by Crippen LogP contribution is 2.34. The second-order valence-electron chi connectivity index (χ2n) is 2.04. The number of nitrogens with zero attached hydrogens (tertiary/aromatic N) is 2. The highest BCUT2D eigenvalue weighted by atomic mass is 32.2. The number of aryl methyl sites for hydroxylation is 1. The maximum atomic E-state index is 11.7. The fourth-order valence-corrected chi connectivity index (χ4v) is 1.000. The Labute approximate surface area is 85.0 Å². The van der Waals surface area contributed by atoms with Crippen molar-refractivity contribution in [1.29, 1.82) is 0 Å². The van der Waals surface area contributed by atoms with Gasteiger partial charge in [-0.15, -0.1) is 0 Å². The summed E-state index contributed by atoms with van der Waals surface area (Å²) < 4.78 is 35.2. The number of rotatable bonds is 1. The van der Waals surface area contributed by atoms with Crippen molar-refractivity contribution in [2.75, 3.05) is 0 Å². The van der Waals surface area contributed by atoms with Crippen LogP contribution in [0.5, 0.6) is 0 Å². The van der Waals surface area contributed by atoms with Crippen molar-refractivity contribution in [2.24, 2.45) is 0 Å². The van der Waals surface area contributed by atoms with Crippen LogP contribution < -0.4 is 0 Å². The standard InChI is InChI=1S/C6H5F3N2S.C2H6/c1-4-2-11-5(3-10-4)12-6(7,8)9;1-2/h2-3H,1H3;1-2H3. The molecule has 0 unspecified atom stereocenters. The molecule has 14 heavy (non-hydrogen) atoms. The van der Waals surface area contributed by atoms with Gasteiger partial charge in [-0.05, 0) is 6.92 Å². The first-order valence-corrected chi connectivity index (χ1v) is 4.83. The molecule has 0 spiro atoms. The maximum absolute atomic E-state index is 11.7. The molecular weight excluding hydrogens is 213 g/mol. The molecule has 0 saturated carbocycles. The summed E-state index contributed by atoms with van der Waals surface area (Å²) in [6, 6.07) is 0. The van der Waals surface area contributed by atoms with E-state index >= 15 is 0 Å². The minimum absolute atomic E-state index is 0.131. The Morgan fingerprint density at radius 3 is 2.07 bits per heavy atom. The molecule has 0 fully saturated rings. The van der Waals surface area contributed by atoms with Crippen LogP contribution in [0.15, 0.2) is 17.4 Å². The Morgan fingerprint density at radius 1 is 1.14 bits per heavy atom. The van der Waals surface area contributed by atoms with Crippen LogP contribution in [0, 0.1) is 6.92 Å². The summed E-state index contributed by atoms with van der Waals surface area (Å²) >= 11 is -0.264. The average Bonchev–Trinajstić information content (AvgIpc) is 2.10. The van der Waals surface area contributed by atoms with Crippen molar-refractivity contribution in [1.82, 2.24) is 9.97 Å². The minimum Gasteiger partial charge on any atom is -0.257 e. The smallest absolute Gasteiger partial charge is 0.257 e. The van der Waals surface area contributed by atoms with E-state index in [0.29, 0.717) is 5.69 Å². The third kappa shape index (κ3) is 5.80. The minimum atomic E-state index is -4.29. The van der Waals surface area contributed by atoms with Gasteiger partial charge in [-0.1, -0.05) is 13.8 Å². The van der Waals surface area contributed by atoms with Crippen LogP contribution in [0.1, 0.15) is 19.5 Å². The molecule has 80 valence electrons. The van der Waals surface area contributed by atoms with Gasteiger partial charge in [0.2, 0.25) is 0 Å². The van der Waals surface area contributed by atoms with Crippen molar-refractivity contribution in [2.45, 2.75) is 31.3 Å². The van der Waals surface area contributed by atoms with Crippen molar-refractivity contribution < 1.29 is 13.2 Å². The highest BCUT2D eigenvalue weighted by Gasteiger charge is 2.30. The second-order valence-corrected chi connectivity index (χ2v) is 3.13. The molecule has 0 N–H and O–H groups in total. The monoisotopic (exact) mass is 224 g/mol. The summed E-state index contributed by atoms with van der Waals surface area (Å²) in [4.78, 5) is 7.22. The molecule has 0 aliphatic carbocycles. The van der Waals surface area contributed by atoms with Crippen molar-refractivity contribution >= 4 is 11.8 Å². The molecule has 0 bridgehead atoms. The Bertz CT molecular complexity index is 258. The fraction of sp³-hybridized carbons (Fsp3) is 0.500. The van der Waals surface area contributed by atoms with Gasteiger partial charge in [0, 0.05) is 18.0 Å². The van der Waals surface area contributed by atoms with E-state index in [4.69, 9.17) is 0 Å².